The molecule has 8 heteroatoms. The maximum Gasteiger partial charge on any atom is 0.245 e. The van der Waals surface area contributed by atoms with E-state index >= 15 is 0 Å². The van der Waals surface area contributed by atoms with Crippen molar-refractivity contribution in [3.8, 4) is 5.75 Å². The molecule has 0 spiro atoms. The first-order valence-electron chi connectivity index (χ1n) is 6.97. The lowest BCUT2D eigenvalue weighted by Gasteiger charge is -2.42. The van der Waals surface area contributed by atoms with Crippen molar-refractivity contribution in [2.45, 2.75) is 29.7 Å². The van der Waals surface area contributed by atoms with Crippen LogP contribution in [0.25, 0.3) is 0 Å². The lowest BCUT2D eigenvalue weighted by Crippen LogP contribution is -2.50. The zero-order chi connectivity index (χ0) is 16.7. The van der Waals surface area contributed by atoms with Gasteiger partial charge in [0.1, 0.15) is 4.90 Å². The number of nitrogens with one attached hydrogen (secondary N) is 1. The quantitative estimate of drug-likeness (QED) is 0.861. The lowest BCUT2D eigenvalue weighted by atomic mass is 9.73. The van der Waals surface area contributed by atoms with E-state index in [1.54, 1.807) is 18.5 Å². The molecule has 0 atom stereocenters. The highest BCUT2D eigenvalue weighted by Gasteiger charge is 2.43. The summed E-state index contributed by atoms with van der Waals surface area (Å²) in [7, 11) is -4.00. The summed E-state index contributed by atoms with van der Waals surface area (Å²) in [5.74, 6) is -0.510. The molecule has 122 valence electrons. The Morgan fingerprint density at radius 2 is 2.00 bits per heavy atom. The number of aromatic hydroxyl groups is 1. The van der Waals surface area contributed by atoms with Crippen LogP contribution in [0.1, 0.15) is 24.8 Å². The van der Waals surface area contributed by atoms with Gasteiger partial charge in [-0.05, 0) is 43.0 Å². The van der Waals surface area contributed by atoms with Gasteiger partial charge in [0.2, 0.25) is 10.0 Å². The number of phenols is 1. The Morgan fingerprint density at radius 1 is 1.26 bits per heavy atom. The minimum absolute atomic E-state index is 0.109. The van der Waals surface area contributed by atoms with Gasteiger partial charge in [0.05, 0.1) is 10.6 Å². The molecule has 2 N–H and O–H groups in total. The molecule has 1 heterocycles. The largest absolute Gasteiger partial charge is 0.505 e. The highest BCUT2D eigenvalue weighted by atomic mass is 35.5. The summed E-state index contributed by atoms with van der Waals surface area (Å²) in [6, 6.07) is 6.06. The number of pyridine rings is 1. The Bertz CT molecular complexity index is 837. The molecule has 0 amide bonds. The third-order valence-corrected chi connectivity index (χ3v) is 6.09. The number of hydrogen-bond donors (Lipinski definition) is 2. The molecule has 2 aromatic rings. The smallest absolute Gasteiger partial charge is 0.245 e. The summed E-state index contributed by atoms with van der Waals surface area (Å²) in [4.78, 5) is 3.73. The van der Waals surface area contributed by atoms with Crippen molar-refractivity contribution in [3.63, 3.8) is 0 Å². The highest BCUT2D eigenvalue weighted by molar-refractivity contribution is 7.89. The van der Waals surface area contributed by atoms with Gasteiger partial charge in [-0.2, -0.15) is 0 Å². The molecular formula is C15H14Cl2N2O3S. The van der Waals surface area contributed by atoms with Gasteiger partial charge in [0.25, 0.3) is 0 Å². The average Bonchev–Trinajstić information content (AvgIpc) is 2.47. The van der Waals surface area contributed by atoms with E-state index in [0.717, 1.165) is 12.0 Å². The number of rotatable bonds is 4. The van der Waals surface area contributed by atoms with Crippen LogP contribution in [0.3, 0.4) is 0 Å². The molecule has 0 radical (unpaired) electrons. The third kappa shape index (κ3) is 3.04. The molecule has 5 nitrogen and oxygen atoms in total. The summed E-state index contributed by atoms with van der Waals surface area (Å²) in [5, 5.41) is 10.0. The van der Waals surface area contributed by atoms with Crippen molar-refractivity contribution < 1.29 is 13.5 Å². The van der Waals surface area contributed by atoms with E-state index in [1.165, 1.54) is 12.1 Å². The molecule has 1 aliphatic rings. The molecule has 1 aromatic carbocycles. The second-order valence-corrected chi connectivity index (χ2v) is 8.01. The number of benzene rings is 1. The molecule has 1 aromatic heterocycles. The molecule has 0 saturated heterocycles. The van der Waals surface area contributed by atoms with E-state index in [4.69, 9.17) is 23.2 Å². The molecule has 0 aliphatic heterocycles. The maximum absolute atomic E-state index is 12.7. The van der Waals surface area contributed by atoms with Crippen LogP contribution in [0, 0.1) is 0 Å². The topological polar surface area (TPSA) is 79.3 Å². The Kier molecular flexibility index (Phi) is 4.27. The lowest BCUT2D eigenvalue weighted by molar-refractivity contribution is 0.224. The molecular weight excluding hydrogens is 359 g/mol. The maximum atomic E-state index is 12.7. The Hall–Kier alpha value is -1.34. The monoisotopic (exact) mass is 372 g/mol. The fourth-order valence-electron chi connectivity index (χ4n) is 2.69. The van der Waals surface area contributed by atoms with Gasteiger partial charge in [-0.1, -0.05) is 29.3 Å². The summed E-state index contributed by atoms with van der Waals surface area (Å²) >= 11 is 11.7. The minimum Gasteiger partial charge on any atom is -0.505 e. The van der Waals surface area contributed by atoms with Crippen LogP contribution in [-0.4, -0.2) is 18.5 Å². The van der Waals surface area contributed by atoms with Crippen molar-refractivity contribution in [2.24, 2.45) is 0 Å². The van der Waals surface area contributed by atoms with E-state index < -0.39 is 21.3 Å². The van der Waals surface area contributed by atoms with Crippen LogP contribution < -0.4 is 4.72 Å². The van der Waals surface area contributed by atoms with Crippen molar-refractivity contribution in [1.29, 1.82) is 0 Å². The van der Waals surface area contributed by atoms with Gasteiger partial charge >= 0.3 is 0 Å². The zero-order valence-corrected chi connectivity index (χ0v) is 14.3. The highest BCUT2D eigenvalue weighted by Crippen LogP contribution is 2.43. The number of halogens is 2. The predicted octanol–water partition coefficient (Wildman–Crippen LogP) is 3.45. The van der Waals surface area contributed by atoms with Crippen molar-refractivity contribution in [1.82, 2.24) is 9.71 Å². The third-order valence-electron chi connectivity index (χ3n) is 4.03. The van der Waals surface area contributed by atoms with Crippen LogP contribution in [0.5, 0.6) is 5.75 Å². The fraction of sp³-hybridized carbons (Fsp3) is 0.267. The molecule has 23 heavy (non-hydrogen) atoms. The van der Waals surface area contributed by atoms with Crippen LogP contribution >= 0.6 is 23.2 Å². The number of hydrogen-bond acceptors (Lipinski definition) is 4. The van der Waals surface area contributed by atoms with Gasteiger partial charge in [-0.25, -0.2) is 13.1 Å². The Labute approximate surface area is 144 Å². The number of sulfonamides is 1. The first kappa shape index (κ1) is 16.5. The summed E-state index contributed by atoms with van der Waals surface area (Å²) in [6.07, 6.45) is 5.50. The van der Waals surface area contributed by atoms with E-state index in [2.05, 4.69) is 9.71 Å². The summed E-state index contributed by atoms with van der Waals surface area (Å²) in [6.45, 7) is 0. The summed E-state index contributed by atoms with van der Waals surface area (Å²) in [5.41, 5.74) is 0.0800. The number of phenolic OH excluding ortho intramolecular Hbond substituents is 1. The van der Waals surface area contributed by atoms with Crippen LogP contribution in [0.15, 0.2) is 41.6 Å². The molecule has 3 rings (SSSR count). The molecule has 0 bridgehead atoms. The van der Waals surface area contributed by atoms with E-state index in [0.29, 0.717) is 12.8 Å². The number of aromatic nitrogens is 1. The summed E-state index contributed by atoms with van der Waals surface area (Å²) < 4.78 is 28.1. The van der Waals surface area contributed by atoms with Crippen molar-refractivity contribution in [2.75, 3.05) is 0 Å². The Morgan fingerprint density at radius 3 is 2.57 bits per heavy atom. The zero-order valence-electron chi connectivity index (χ0n) is 12.0. The molecule has 1 saturated carbocycles. The van der Waals surface area contributed by atoms with Gasteiger partial charge in [0.15, 0.2) is 5.75 Å². The van der Waals surface area contributed by atoms with Crippen molar-refractivity contribution >= 4 is 33.2 Å². The fourth-order valence-corrected chi connectivity index (χ4v) is 4.89. The first-order valence-corrected chi connectivity index (χ1v) is 9.20. The normalized spacial score (nSPS) is 16.8. The van der Waals surface area contributed by atoms with Crippen LogP contribution in [0.4, 0.5) is 0 Å². The van der Waals surface area contributed by atoms with Crippen LogP contribution in [0.2, 0.25) is 10.0 Å². The van der Waals surface area contributed by atoms with E-state index in [9.17, 15) is 13.5 Å². The van der Waals surface area contributed by atoms with Gasteiger partial charge < -0.3 is 5.11 Å². The predicted molar refractivity (Wildman–Crippen MR) is 88.2 cm³/mol. The van der Waals surface area contributed by atoms with Crippen molar-refractivity contribution in [3.05, 3.63) is 52.3 Å². The van der Waals surface area contributed by atoms with Crippen LogP contribution in [-0.2, 0) is 15.6 Å². The van der Waals surface area contributed by atoms with E-state index in [1.807, 2.05) is 6.07 Å². The SMILES string of the molecule is O=S(=O)(NC1(c2cccnc2)CCC1)c1cc(Cl)cc(Cl)c1O. The van der Waals surface area contributed by atoms with Gasteiger partial charge in [-0.15, -0.1) is 0 Å². The van der Waals surface area contributed by atoms with Gasteiger partial charge in [-0.3, -0.25) is 4.98 Å². The average molecular weight is 373 g/mol. The minimum atomic E-state index is -4.00. The first-order chi connectivity index (χ1) is 10.8. The molecule has 0 unspecified atom stereocenters. The molecule has 1 fully saturated rings. The molecule has 1 aliphatic carbocycles. The second kappa shape index (κ2) is 5.94. The standard InChI is InChI=1S/C15H14Cl2N2O3S/c16-11-7-12(17)14(20)13(8-11)23(21,22)19-15(4-2-5-15)10-3-1-6-18-9-10/h1,3,6-9,19-20H,2,4-5H2. The Balaban J connectivity index is 2.01. The number of nitrogens with zero attached hydrogens (tertiary/aromatic N) is 1. The van der Waals surface area contributed by atoms with E-state index in [-0.39, 0.29) is 14.9 Å². The second-order valence-electron chi connectivity index (χ2n) is 5.52. The van der Waals surface area contributed by atoms with Gasteiger partial charge in [0, 0.05) is 17.4 Å².